The fourth-order valence-electron chi connectivity index (χ4n) is 3.57. The molecular weight excluding hydrogens is 270 g/mol. The van der Waals surface area contributed by atoms with Crippen LogP contribution in [-0.4, -0.2) is 40.3 Å². The summed E-state index contributed by atoms with van der Waals surface area (Å²) in [7, 11) is 0. The molecule has 5 heteroatoms. The van der Waals surface area contributed by atoms with Crippen molar-refractivity contribution < 1.29 is 19.4 Å². The first-order valence-corrected chi connectivity index (χ1v) is 8.00. The molecule has 0 spiro atoms. The fraction of sp³-hybridized carbons (Fsp3) is 0.875. The summed E-state index contributed by atoms with van der Waals surface area (Å²) in [5.41, 5.74) is -0.594. The molecule has 2 fully saturated rings. The summed E-state index contributed by atoms with van der Waals surface area (Å²) in [5.74, 6) is -0.0499. The quantitative estimate of drug-likeness (QED) is 0.849. The van der Waals surface area contributed by atoms with E-state index in [0.717, 1.165) is 0 Å². The summed E-state index contributed by atoms with van der Waals surface area (Å²) in [5, 5.41) is 9.40. The highest BCUT2D eigenvalue weighted by Gasteiger charge is 2.43. The van der Waals surface area contributed by atoms with E-state index < -0.39 is 23.7 Å². The Morgan fingerprint density at radius 3 is 2.24 bits per heavy atom. The second kappa shape index (κ2) is 6.24. The van der Waals surface area contributed by atoms with Crippen molar-refractivity contribution in [3.63, 3.8) is 0 Å². The van der Waals surface area contributed by atoms with Gasteiger partial charge in [-0.3, -0.25) is 4.90 Å². The van der Waals surface area contributed by atoms with Crippen LogP contribution in [-0.2, 0) is 9.53 Å². The number of aliphatic carboxylic acids is 1. The molecule has 1 saturated carbocycles. The van der Waals surface area contributed by atoms with Crippen LogP contribution in [0.1, 0.15) is 59.3 Å². The monoisotopic (exact) mass is 297 g/mol. The predicted molar refractivity (Wildman–Crippen MR) is 79.0 cm³/mol. The third-order valence-electron chi connectivity index (χ3n) is 4.56. The van der Waals surface area contributed by atoms with Crippen molar-refractivity contribution in [2.24, 2.45) is 11.8 Å². The molecule has 2 atom stereocenters. The Kier molecular flexibility index (Phi) is 4.79. The van der Waals surface area contributed by atoms with Crippen molar-refractivity contribution in [2.45, 2.75) is 70.9 Å². The van der Waals surface area contributed by atoms with Crippen molar-refractivity contribution in [1.82, 2.24) is 4.90 Å². The fourth-order valence-corrected chi connectivity index (χ4v) is 3.57. The molecule has 1 aliphatic carbocycles. The zero-order chi connectivity index (χ0) is 15.6. The Bertz CT molecular complexity index is 396. The SMILES string of the molecule is CC(C)(C)OC(=O)N1C[C@H](C2CCCCC2)C[C@@H]1C(=O)O. The first kappa shape index (κ1) is 16.1. The van der Waals surface area contributed by atoms with E-state index in [0.29, 0.717) is 24.8 Å². The van der Waals surface area contributed by atoms with Crippen molar-refractivity contribution in [2.75, 3.05) is 6.54 Å². The molecule has 1 amide bonds. The van der Waals surface area contributed by atoms with E-state index in [1.54, 1.807) is 20.8 Å². The highest BCUT2D eigenvalue weighted by atomic mass is 16.6. The molecule has 0 bridgehead atoms. The van der Waals surface area contributed by atoms with E-state index in [1.165, 1.54) is 37.0 Å². The van der Waals surface area contributed by atoms with Gasteiger partial charge in [0, 0.05) is 6.54 Å². The normalized spacial score (nSPS) is 27.7. The van der Waals surface area contributed by atoms with E-state index in [1.807, 2.05) is 0 Å². The molecule has 5 nitrogen and oxygen atoms in total. The van der Waals surface area contributed by atoms with Gasteiger partial charge in [-0.2, -0.15) is 0 Å². The molecule has 120 valence electrons. The third-order valence-corrected chi connectivity index (χ3v) is 4.56. The van der Waals surface area contributed by atoms with Crippen LogP contribution >= 0.6 is 0 Å². The highest BCUT2D eigenvalue weighted by molar-refractivity contribution is 5.81. The molecule has 1 heterocycles. The molecule has 21 heavy (non-hydrogen) atoms. The molecule has 0 aromatic carbocycles. The average molecular weight is 297 g/mol. The number of hydrogen-bond donors (Lipinski definition) is 1. The van der Waals surface area contributed by atoms with Crippen LogP contribution in [0.15, 0.2) is 0 Å². The second-order valence-electron chi connectivity index (χ2n) is 7.38. The van der Waals surface area contributed by atoms with Crippen molar-refractivity contribution >= 4 is 12.1 Å². The molecule has 1 N–H and O–H groups in total. The Labute approximate surface area is 126 Å². The number of carbonyl (C=O) groups excluding carboxylic acids is 1. The summed E-state index contributed by atoms with van der Waals surface area (Å²) in [6.45, 7) is 5.93. The second-order valence-corrected chi connectivity index (χ2v) is 7.38. The number of carboxylic acid groups (broad SMARTS) is 1. The van der Waals surface area contributed by atoms with E-state index in [-0.39, 0.29) is 0 Å². The third kappa shape index (κ3) is 4.11. The van der Waals surface area contributed by atoms with E-state index in [2.05, 4.69) is 0 Å². The molecule has 2 rings (SSSR count). The van der Waals surface area contributed by atoms with Gasteiger partial charge in [-0.15, -0.1) is 0 Å². The van der Waals surface area contributed by atoms with Gasteiger partial charge in [-0.25, -0.2) is 9.59 Å². The van der Waals surface area contributed by atoms with Gasteiger partial charge in [0.05, 0.1) is 0 Å². The lowest BCUT2D eigenvalue weighted by molar-refractivity contribution is -0.142. The molecule has 1 saturated heterocycles. The van der Waals surface area contributed by atoms with Gasteiger partial charge in [0.25, 0.3) is 0 Å². The average Bonchev–Trinajstić information content (AvgIpc) is 2.83. The van der Waals surface area contributed by atoms with Gasteiger partial charge in [-0.05, 0) is 39.0 Å². The summed E-state index contributed by atoms with van der Waals surface area (Å²) in [4.78, 5) is 25.1. The Balaban J connectivity index is 2.04. The number of likely N-dealkylation sites (tertiary alicyclic amines) is 1. The highest BCUT2D eigenvalue weighted by Crippen LogP contribution is 2.38. The molecule has 0 aromatic heterocycles. The number of ether oxygens (including phenoxy) is 1. The first-order valence-electron chi connectivity index (χ1n) is 8.00. The summed E-state index contributed by atoms with van der Waals surface area (Å²) >= 11 is 0. The van der Waals surface area contributed by atoms with E-state index in [4.69, 9.17) is 4.74 Å². The van der Waals surface area contributed by atoms with Crippen LogP contribution in [0, 0.1) is 11.8 Å². The van der Waals surface area contributed by atoms with E-state index in [9.17, 15) is 14.7 Å². The Morgan fingerprint density at radius 1 is 1.10 bits per heavy atom. The lowest BCUT2D eigenvalue weighted by Crippen LogP contribution is -2.43. The van der Waals surface area contributed by atoms with Gasteiger partial charge in [0.15, 0.2) is 0 Å². The van der Waals surface area contributed by atoms with Crippen molar-refractivity contribution in [3.8, 4) is 0 Å². The minimum absolute atomic E-state index is 0.305. The number of rotatable bonds is 2. The van der Waals surface area contributed by atoms with Crippen LogP contribution in [0.4, 0.5) is 4.79 Å². The summed E-state index contributed by atoms with van der Waals surface area (Å²) in [6.07, 6.45) is 6.14. The van der Waals surface area contributed by atoms with Crippen molar-refractivity contribution in [1.29, 1.82) is 0 Å². The molecule has 0 aromatic rings. The van der Waals surface area contributed by atoms with Gasteiger partial charge >= 0.3 is 12.1 Å². The van der Waals surface area contributed by atoms with Crippen molar-refractivity contribution in [3.05, 3.63) is 0 Å². The standard InChI is InChI=1S/C16H27NO4/c1-16(2,3)21-15(20)17-10-12(9-13(17)14(18)19)11-7-5-4-6-8-11/h11-13H,4-10H2,1-3H3,(H,18,19)/t12-,13-/m1/s1. The number of amides is 1. The van der Waals surface area contributed by atoms with E-state index >= 15 is 0 Å². The molecule has 1 aliphatic heterocycles. The number of nitrogens with zero attached hydrogens (tertiary/aromatic N) is 1. The van der Waals surface area contributed by atoms with Crippen LogP contribution in [0.25, 0.3) is 0 Å². The van der Waals surface area contributed by atoms with Gasteiger partial charge < -0.3 is 9.84 Å². The van der Waals surface area contributed by atoms with Crippen LogP contribution in [0.2, 0.25) is 0 Å². The Morgan fingerprint density at radius 2 is 1.71 bits per heavy atom. The van der Waals surface area contributed by atoms with Gasteiger partial charge in [0.2, 0.25) is 0 Å². The van der Waals surface area contributed by atoms with Gasteiger partial charge in [0.1, 0.15) is 11.6 Å². The zero-order valence-electron chi connectivity index (χ0n) is 13.3. The summed E-state index contributed by atoms with van der Waals surface area (Å²) < 4.78 is 5.36. The lowest BCUT2D eigenvalue weighted by Gasteiger charge is -2.28. The van der Waals surface area contributed by atoms with Crippen LogP contribution in [0.5, 0.6) is 0 Å². The molecule has 0 unspecified atom stereocenters. The molecule has 2 aliphatic rings. The number of carboxylic acids is 1. The number of carbonyl (C=O) groups is 2. The largest absolute Gasteiger partial charge is 0.480 e. The predicted octanol–water partition coefficient (Wildman–Crippen LogP) is 3.28. The molecule has 0 radical (unpaired) electrons. The summed E-state index contributed by atoms with van der Waals surface area (Å²) in [6, 6.07) is -0.730. The first-order chi connectivity index (χ1) is 9.78. The Hall–Kier alpha value is -1.26. The molecular formula is C16H27NO4. The van der Waals surface area contributed by atoms with Gasteiger partial charge in [-0.1, -0.05) is 32.1 Å². The minimum Gasteiger partial charge on any atom is -0.480 e. The maximum atomic E-state index is 12.2. The lowest BCUT2D eigenvalue weighted by atomic mass is 9.79. The topological polar surface area (TPSA) is 66.8 Å². The maximum Gasteiger partial charge on any atom is 0.411 e. The van der Waals surface area contributed by atoms with Crippen LogP contribution in [0.3, 0.4) is 0 Å². The van der Waals surface area contributed by atoms with Crippen LogP contribution < -0.4 is 0 Å². The minimum atomic E-state index is -0.917. The smallest absolute Gasteiger partial charge is 0.411 e. The number of hydrogen-bond acceptors (Lipinski definition) is 3. The zero-order valence-corrected chi connectivity index (χ0v) is 13.3. The maximum absolute atomic E-state index is 12.2.